The molecule has 0 aliphatic heterocycles. The maximum absolute atomic E-state index is 15.4. The van der Waals surface area contributed by atoms with Crippen LogP contribution < -0.4 is 15.2 Å². The number of aromatic nitrogens is 4. The number of anilines is 1. The van der Waals surface area contributed by atoms with Crippen LogP contribution in [0.1, 0.15) is 26.3 Å². The molecule has 0 aliphatic rings. The van der Waals surface area contributed by atoms with Crippen LogP contribution in [0, 0.1) is 5.82 Å². The van der Waals surface area contributed by atoms with Crippen molar-refractivity contribution < 1.29 is 13.9 Å². The Labute approximate surface area is 156 Å². The molecule has 0 saturated heterocycles. The number of hydrogen-bond donors (Lipinski definition) is 1. The third-order valence-corrected chi connectivity index (χ3v) is 3.85. The maximum atomic E-state index is 15.4. The molecule has 0 fully saturated rings. The minimum Gasteiger partial charge on any atom is -0.467 e. The number of rotatable bonds is 4. The van der Waals surface area contributed by atoms with Crippen molar-refractivity contribution in [3.05, 3.63) is 48.2 Å². The monoisotopic (exact) mass is 369 g/mol. The molecular formula is C19H20FN5O2. The van der Waals surface area contributed by atoms with Gasteiger partial charge >= 0.3 is 6.01 Å². The molecule has 0 unspecified atom stereocenters. The Bertz CT molecular complexity index is 955. The van der Waals surface area contributed by atoms with Crippen molar-refractivity contribution in [3.63, 3.8) is 0 Å². The van der Waals surface area contributed by atoms with Crippen LogP contribution in [0.2, 0.25) is 0 Å². The van der Waals surface area contributed by atoms with Gasteiger partial charge in [-0.15, -0.1) is 0 Å². The van der Waals surface area contributed by atoms with Gasteiger partial charge in [0.15, 0.2) is 11.6 Å². The van der Waals surface area contributed by atoms with Crippen LogP contribution in [-0.2, 0) is 5.41 Å². The molecule has 0 aliphatic carbocycles. The molecule has 2 N–H and O–H groups in total. The summed E-state index contributed by atoms with van der Waals surface area (Å²) in [5, 5.41) is 0. The predicted molar refractivity (Wildman–Crippen MR) is 99.2 cm³/mol. The highest BCUT2D eigenvalue weighted by molar-refractivity contribution is 5.64. The van der Waals surface area contributed by atoms with Crippen molar-refractivity contribution >= 4 is 5.82 Å². The first-order valence-corrected chi connectivity index (χ1v) is 8.25. The lowest BCUT2D eigenvalue weighted by molar-refractivity contribution is 0.359. The second-order valence-electron chi connectivity index (χ2n) is 6.86. The van der Waals surface area contributed by atoms with Crippen molar-refractivity contribution in [1.29, 1.82) is 0 Å². The molecule has 1 aromatic carbocycles. The fourth-order valence-corrected chi connectivity index (χ4v) is 2.51. The lowest BCUT2D eigenvalue weighted by atomic mass is 9.85. The minimum absolute atomic E-state index is 0.0689. The van der Waals surface area contributed by atoms with Gasteiger partial charge in [-0.05, 0) is 11.5 Å². The number of methoxy groups -OCH3 is 1. The average Bonchev–Trinajstić information content (AvgIpc) is 2.63. The van der Waals surface area contributed by atoms with E-state index in [-0.39, 0.29) is 34.4 Å². The van der Waals surface area contributed by atoms with E-state index >= 15 is 4.39 Å². The number of benzene rings is 1. The van der Waals surface area contributed by atoms with Crippen molar-refractivity contribution in [1.82, 2.24) is 19.9 Å². The normalized spacial score (nSPS) is 11.3. The maximum Gasteiger partial charge on any atom is 0.319 e. The average molecular weight is 369 g/mol. The van der Waals surface area contributed by atoms with Gasteiger partial charge < -0.3 is 15.2 Å². The van der Waals surface area contributed by atoms with Crippen molar-refractivity contribution in [3.8, 4) is 28.9 Å². The number of ether oxygens (including phenoxy) is 2. The molecule has 3 aromatic rings. The summed E-state index contributed by atoms with van der Waals surface area (Å²) in [6.45, 7) is 5.91. The third kappa shape index (κ3) is 3.94. The SMILES string of the molecule is COc1nccc(Oc2c(C(C)(C)C)ccc(-c3cnc(N)cn3)c2F)n1. The predicted octanol–water partition coefficient (Wildman–Crippen LogP) is 3.75. The minimum atomic E-state index is -0.556. The van der Waals surface area contributed by atoms with Crippen LogP contribution in [0.15, 0.2) is 36.8 Å². The number of nitrogen functional groups attached to an aromatic ring is 1. The standard InChI is InChI=1S/C19H20FN5O2/c1-19(2,3)12-6-5-11(13-9-24-14(21)10-23-13)16(20)17(12)27-15-7-8-22-18(25-15)26-4/h5-10H,1-4H3,(H2,21,24). The Morgan fingerprint density at radius 2 is 1.81 bits per heavy atom. The largest absolute Gasteiger partial charge is 0.467 e. The summed E-state index contributed by atoms with van der Waals surface area (Å²) < 4.78 is 26.2. The quantitative estimate of drug-likeness (QED) is 0.748. The Kier molecular flexibility index (Phi) is 4.89. The lowest BCUT2D eigenvalue weighted by Gasteiger charge is -2.23. The van der Waals surface area contributed by atoms with Gasteiger partial charge in [-0.3, -0.25) is 4.98 Å². The van der Waals surface area contributed by atoms with Gasteiger partial charge in [-0.1, -0.05) is 26.8 Å². The van der Waals surface area contributed by atoms with E-state index in [1.807, 2.05) is 26.8 Å². The van der Waals surface area contributed by atoms with Gasteiger partial charge in [0.05, 0.1) is 25.2 Å². The first kappa shape index (κ1) is 18.5. The highest BCUT2D eigenvalue weighted by Gasteiger charge is 2.25. The Balaban J connectivity index is 2.13. The molecule has 7 nitrogen and oxygen atoms in total. The van der Waals surface area contributed by atoms with E-state index in [2.05, 4.69) is 19.9 Å². The molecule has 140 valence electrons. The van der Waals surface area contributed by atoms with Crippen LogP contribution in [0.4, 0.5) is 10.2 Å². The Morgan fingerprint density at radius 1 is 1.04 bits per heavy atom. The summed E-state index contributed by atoms with van der Waals surface area (Å²) in [4.78, 5) is 16.2. The zero-order valence-electron chi connectivity index (χ0n) is 15.5. The van der Waals surface area contributed by atoms with Gasteiger partial charge in [-0.25, -0.2) is 14.4 Å². The molecule has 0 saturated carbocycles. The number of halogens is 1. The summed E-state index contributed by atoms with van der Waals surface area (Å²) in [6, 6.07) is 5.13. The molecule has 0 atom stereocenters. The van der Waals surface area contributed by atoms with Gasteiger partial charge in [0.25, 0.3) is 0 Å². The van der Waals surface area contributed by atoms with Gasteiger partial charge in [0.1, 0.15) is 5.82 Å². The van der Waals surface area contributed by atoms with Crippen LogP contribution in [0.5, 0.6) is 17.6 Å². The van der Waals surface area contributed by atoms with Gasteiger partial charge in [-0.2, -0.15) is 4.98 Å². The fraction of sp³-hybridized carbons (Fsp3) is 0.263. The second kappa shape index (κ2) is 7.14. The van der Waals surface area contributed by atoms with Crippen molar-refractivity contribution in [2.75, 3.05) is 12.8 Å². The molecule has 8 heteroatoms. The zero-order chi connectivity index (χ0) is 19.6. The van der Waals surface area contributed by atoms with Crippen LogP contribution >= 0.6 is 0 Å². The molecule has 0 spiro atoms. The molecule has 0 bridgehead atoms. The van der Waals surface area contributed by atoms with E-state index in [1.165, 1.54) is 31.8 Å². The van der Waals surface area contributed by atoms with Crippen LogP contribution in [-0.4, -0.2) is 27.0 Å². The van der Waals surface area contributed by atoms with Crippen LogP contribution in [0.3, 0.4) is 0 Å². The zero-order valence-corrected chi connectivity index (χ0v) is 15.5. The topological polar surface area (TPSA) is 96.0 Å². The molecule has 2 heterocycles. The molecular weight excluding hydrogens is 349 g/mol. The first-order valence-electron chi connectivity index (χ1n) is 8.25. The fourth-order valence-electron chi connectivity index (χ4n) is 2.51. The summed E-state index contributed by atoms with van der Waals surface area (Å²) in [7, 11) is 1.45. The lowest BCUT2D eigenvalue weighted by Crippen LogP contribution is -2.14. The molecule has 3 rings (SSSR count). The highest BCUT2D eigenvalue weighted by atomic mass is 19.1. The molecule has 0 amide bonds. The number of hydrogen-bond acceptors (Lipinski definition) is 7. The van der Waals surface area contributed by atoms with E-state index in [1.54, 1.807) is 6.07 Å². The molecule has 27 heavy (non-hydrogen) atoms. The molecule has 0 radical (unpaired) electrons. The van der Waals surface area contributed by atoms with E-state index in [0.717, 1.165) is 0 Å². The van der Waals surface area contributed by atoms with E-state index < -0.39 is 5.82 Å². The highest BCUT2D eigenvalue weighted by Crippen LogP contribution is 2.39. The Morgan fingerprint density at radius 3 is 2.44 bits per heavy atom. The van der Waals surface area contributed by atoms with E-state index in [0.29, 0.717) is 11.3 Å². The van der Waals surface area contributed by atoms with Crippen molar-refractivity contribution in [2.24, 2.45) is 0 Å². The summed E-state index contributed by atoms with van der Waals surface area (Å²) in [5.41, 5.74) is 6.50. The van der Waals surface area contributed by atoms with E-state index in [4.69, 9.17) is 15.2 Å². The van der Waals surface area contributed by atoms with Gasteiger partial charge in [0, 0.05) is 23.4 Å². The van der Waals surface area contributed by atoms with Gasteiger partial charge in [0.2, 0.25) is 5.88 Å². The number of nitrogens with two attached hydrogens (primary N) is 1. The van der Waals surface area contributed by atoms with E-state index in [9.17, 15) is 0 Å². The second-order valence-corrected chi connectivity index (χ2v) is 6.86. The Hall–Kier alpha value is -3.29. The molecule has 2 aromatic heterocycles. The van der Waals surface area contributed by atoms with Crippen molar-refractivity contribution in [2.45, 2.75) is 26.2 Å². The number of nitrogens with zero attached hydrogens (tertiary/aromatic N) is 4. The summed E-state index contributed by atoms with van der Waals surface area (Å²) >= 11 is 0. The summed E-state index contributed by atoms with van der Waals surface area (Å²) in [6.07, 6.45) is 4.27. The summed E-state index contributed by atoms with van der Waals surface area (Å²) in [5.74, 6) is -0.0553. The smallest absolute Gasteiger partial charge is 0.319 e. The van der Waals surface area contributed by atoms with Crippen LogP contribution in [0.25, 0.3) is 11.3 Å². The first-order chi connectivity index (χ1) is 12.8. The third-order valence-electron chi connectivity index (χ3n) is 3.85.